The number of benzene rings is 2. The van der Waals surface area contributed by atoms with Gasteiger partial charge in [-0.25, -0.2) is 8.42 Å². The lowest BCUT2D eigenvalue weighted by Crippen LogP contribution is -2.38. The maximum Gasteiger partial charge on any atom is 0.322 e. The number of rotatable bonds is 8. The van der Waals surface area contributed by atoms with Gasteiger partial charge in [0.05, 0.1) is 11.3 Å². The number of nitrogens with zero attached hydrogens (tertiary/aromatic N) is 3. The summed E-state index contributed by atoms with van der Waals surface area (Å²) in [6, 6.07) is 14.0. The third-order valence-electron chi connectivity index (χ3n) is 6.08. The lowest BCUT2D eigenvalue weighted by atomic mass is 9.96. The van der Waals surface area contributed by atoms with Crippen molar-refractivity contribution < 1.29 is 17.6 Å². The highest BCUT2D eigenvalue weighted by Crippen LogP contribution is 2.26. The molecule has 8 nitrogen and oxygen atoms in total. The van der Waals surface area contributed by atoms with E-state index in [-0.39, 0.29) is 17.0 Å². The van der Waals surface area contributed by atoms with E-state index in [4.69, 9.17) is 4.42 Å². The first-order valence-electron chi connectivity index (χ1n) is 11.2. The summed E-state index contributed by atoms with van der Waals surface area (Å²) in [6.45, 7) is 0. The van der Waals surface area contributed by atoms with Gasteiger partial charge < -0.3 is 4.42 Å². The zero-order chi connectivity index (χ0) is 24.1. The normalized spacial score (nSPS) is 14.9. The van der Waals surface area contributed by atoms with Gasteiger partial charge in [0.15, 0.2) is 0 Å². The van der Waals surface area contributed by atoms with E-state index in [1.165, 1.54) is 33.5 Å². The van der Waals surface area contributed by atoms with Gasteiger partial charge in [-0.1, -0.05) is 36.5 Å². The molecule has 1 N–H and O–H groups in total. The molecule has 180 valence electrons. The third kappa shape index (κ3) is 5.68. The molecule has 0 saturated heterocycles. The fraction of sp³-hybridized carbons (Fsp3) is 0.375. The van der Waals surface area contributed by atoms with Gasteiger partial charge in [0.2, 0.25) is 15.9 Å². The Bertz CT molecular complexity index is 1220. The van der Waals surface area contributed by atoms with Crippen LogP contribution in [0.1, 0.15) is 53.9 Å². The van der Waals surface area contributed by atoms with E-state index in [1.54, 1.807) is 18.8 Å². The lowest BCUT2D eigenvalue weighted by Gasteiger charge is -2.30. The topological polar surface area (TPSA) is 105 Å². The first-order valence-corrected chi connectivity index (χ1v) is 13.9. The molecule has 2 aromatic carbocycles. The Kier molecular flexibility index (Phi) is 7.70. The van der Waals surface area contributed by atoms with E-state index >= 15 is 0 Å². The number of thioether (sulfide) groups is 1. The highest BCUT2D eigenvalue weighted by atomic mass is 32.2. The molecule has 10 heteroatoms. The van der Waals surface area contributed by atoms with Crippen LogP contribution in [0.2, 0.25) is 0 Å². The van der Waals surface area contributed by atoms with Gasteiger partial charge in [0.25, 0.3) is 5.91 Å². The summed E-state index contributed by atoms with van der Waals surface area (Å²) in [5.41, 5.74) is 1.32. The minimum atomic E-state index is -3.61. The number of hydrogen-bond acceptors (Lipinski definition) is 7. The Morgan fingerprint density at radius 2 is 1.74 bits per heavy atom. The predicted octanol–water partition coefficient (Wildman–Crippen LogP) is 4.59. The molecular formula is C24H28N4O4S2. The highest BCUT2D eigenvalue weighted by Gasteiger charge is 2.29. The van der Waals surface area contributed by atoms with Crippen molar-refractivity contribution in [3.8, 4) is 0 Å². The fourth-order valence-corrected chi connectivity index (χ4v) is 5.87. The van der Waals surface area contributed by atoms with Crippen molar-refractivity contribution in [1.29, 1.82) is 0 Å². The van der Waals surface area contributed by atoms with Crippen LogP contribution >= 0.6 is 11.8 Å². The number of amides is 1. The second-order valence-corrected chi connectivity index (χ2v) is 11.2. The van der Waals surface area contributed by atoms with Gasteiger partial charge >= 0.3 is 6.01 Å². The smallest absolute Gasteiger partial charge is 0.322 e. The molecule has 1 aliphatic rings. The number of nitrogens with one attached hydrogen (secondary N) is 1. The Hall–Kier alpha value is -2.69. The average Bonchev–Trinajstić information content (AvgIpc) is 3.31. The molecule has 1 fully saturated rings. The summed E-state index contributed by atoms with van der Waals surface area (Å²) < 4.78 is 33.0. The Balaban J connectivity index is 1.38. The van der Waals surface area contributed by atoms with Crippen LogP contribution in [0.4, 0.5) is 6.01 Å². The second kappa shape index (κ2) is 10.7. The predicted molar refractivity (Wildman–Crippen MR) is 132 cm³/mol. The number of anilines is 1. The van der Waals surface area contributed by atoms with Gasteiger partial charge in [-0.05, 0) is 61.1 Å². The highest BCUT2D eigenvalue weighted by molar-refractivity contribution is 7.98. The quantitative estimate of drug-likeness (QED) is 0.451. The molecule has 0 unspecified atom stereocenters. The van der Waals surface area contributed by atoms with E-state index < -0.39 is 15.9 Å². The molecule has 34 heavy (non-hydrogen) atoms. The SMILES string of the molecule is CSc1ccc(Cc2nnc(NC(=O)c3ccc(S(=O)(=O)N(C)C4CCCCC4)cc3)o2)cc1. The molecule has 0 spiro atoms. The van der Waals surface area contributed by atoms with Crippen molar-refractivity contribution in [3.63, 3.8) is 0 Å². The maximum absolute atomic E-state index is 13.0. The molecule has 4 rings (SSSR count). The van der Waals surface area contributed by atoms with E-state index in [0.29, 0.717) is 17.9 Å². The molecular weight excluding hydrogens is 472 g/mol. The molecule has 3 aromatic rings. The fourth-order valence-electron chi connectivity index (χ4n) is 4.05. The molecule has 1 saturated carbocycles. The summed E-state index contributed by atoms with van der Waals surface area (Å²) in [5.74, 6) is -0.0662. The summed E-state index contributed by atoms with van der Waals surface area (Å²) >= 11 is 1.67. The Labute approximate surface area is 204 Å². The summed E-state index contributed by atoms with van der Waals surface area (Å²) in [5, 5.41) is 10.5. The van der Waals surface area contributed by atoms with Crippen LogP contribution in [0.5, 0.6) is 0 Å². The molecule has 1 amide bonds. The van der Waals surface area contributed by atoms with Crippen molar-refractivity contribution in [2.24, 2.45) is 0 Å². The molecule has 1 aromatic heterocycles. The lowest BCUT2D eigenvalue weighted by molar-refractivity contribution is 0.102. The Morgan fingerprint density at radius 1 is 1.06 bits per heavy atom. The van der Waals surface area contributed by atoms with Crippen LogP contribution < -0.4 is 5.32 Å². The number of aromatic nitrogens is 2. The molecule has 1 aliphatic carbocycles. The van der Waals surface area contributed by atoms with E-state index in [9.17, 15) is 13.2 Å². The maximum atomic E-state index is 13.0. The molecule has 0 aliphatic heterocycles. The molecule has 0 atom stereocenters. The van der Waals surface area contributed by atoms with Crippen molar-refractivity contribution in [2.75, 3.05) is 18.6 Å². The summed E-state index contributed by atoms with van der Waals surface area (Å²) in [4.78, 5) is 13.9. The van der Waals surface area contributed by atoms with Gasteiger partial charge in [-0.2, -0.15) is 4.31 Å². The summed E-state index contributed by atoms with van der Waals surface area (Å²) in [6.07, 6.45) is 7.48. The van der Waals surface area contributed by atoms with Crippen molar-refractivity contribution in [2.45, 2.75) is 54.4 Å². The van der Waals surface area contributed by atoms with E-state index in [2.05, 4.69) is 15.5 Å². The standard InChI is InChI=1S/C24H28N4O4S2/c1-28(19-6-4-3-5-7-19)34(30,31)21-14-10-18(11-15-21)23(29)25-24-27-26-22(32-24)16-17-8-12-20(33-2)13-9-17/h8-15,19H,3-7,16H2,1-2H3,(H,25,27,29). The van der Waals surface area contributed by atoms with Gasteiger partial charge in [-0.3, -0.25) is 10.1 Å². The third-order valence-corrected chi connectivity index (χ3v) is 8.75. The van der Waals surface area contributed by atoms with E-state index in [1.807, 2.05) is 30.5 Å². The molecule has 0 radical (unpaired) electrons. The first kappa shape index (κ1) is 24.4. The van der Waals surface area contributed by atoms with Gasteiger partial charge in [-0.15, -0.1) is 16.9 Å². The van der Waals surface area contributed by atoms with Crippen LogP contribution in [0, 0.1) is 0 Å². The number of carbonyl (C=O) groups is 1. The van der Waals surface area contributed by atoms with Crippen LogP contribution in [0.15, 0.2) is 62.7 Å². The molecule has 0 bridgehead atoms. The molecule has 1 heterocycles. The summed E-state index contributed by atoms with van der Waals surface area (Å²) in [7, 11) is -1.98. The average molecular weight is 501 g/mol. The van der Waals surface area contributed by atoms with E-state index in [0.717, 1.165) is 37.7 Å². The second-order valence-electron chi connectivity index (χ2n) is 8.32. The first-order chi connectivity index (χ1) is 16.4. The number of sulfonamides is 1. The van der Waals surface area contributed by atoms with Crippen LogP contribution in [0.3, 0.4) is 0 Å². The van der Waals surface area contributed by atoms with Crippen molar-refractivity contribution in [3.05, 3.63) is 65.5 Å². The zero-order valence-electron chi connectivity index (χ0n) is 19.2. The minimum Gasteiger partial charge on any atom is -0.407 e. The van der Waals surface area contributed by atoms with Gasteiger partial charge in [0, 0.05) is 23.5 Å². The monoisotopic (exact) mass is 500 g/mol. The minimum absolute atomic E-state index is 0.00513. The van der Waals surface area contributed by atoms with Crippen LogP contribution in [0.25, 0.3) is 0 Å². The van der Waals surface area contributed by atoms with Crippen LogP contribution in [-0.2, 0) is 16.4 Å². The largest absolute Gasteiger partial charge is 0.407 e. The van der Waals surface area contributed by atoms with Gasteiger partial charge in [0.1, 0.15) is 0 Å². The number of carbonyl (C=O) groups excluding carboxylic acids is 1. The van der Waals surface area contributed by atoms with Crippen molar-refractivity contribution >= 4 is 33.7 Å². The van der Waals surface area contributed by atoms with Crippen LogP contribution in [-0.4, -0.2) is 48.2 Å². The Morgan fingerprint density at radius 3 is 2.38 bits per heavy atom. The number of hydrogen-bond donors (Lipinski definition) is 1. The zero-order valence-corrected chi connectivity index (χ0v) is 20.9. The van der Waals surface area contributed by atoms with Crippen molar-refractivity contribution in [1.82, 2.24) is 14.5 Å².